The largest absolute Gasteiger partial charge is 0.381 e. The van der Waals surface area contributed by atoms with E-state index in [0.29, 0.717) is 6.10 Å². The molecule has 3 rings (SSSR count). The quantitative estimate of drug-likeness (QED) is 0.561. The summed E-state index contributed by atoms with van der Waals surface area (Å²) in [6.45, 7) is 4.14. The van der Waals surface area contributed by atoms with Gasteiger partial charge in [0, 0.05) is 7.11 Å². The van der Waals surface area contributed by atoms with Gasteiger partial charge in [-0.05, 0) is 49.4 Å². The highest BCUT2D eigenvalue weighted by molar-refractivity contribution is 5.15. The van der Waals surface area contributed by atoms with Crippen molar-refractivity contribution < 1.29 is 4.74 Å². The van der Waals surface area contributed by atoms with Gasteiger partial charge in [-0.3, -0.25) is 0 Å². The number of hydrogen-bond acceptors (Lipinski definition) is 1. The average Bonchev–Trinajstić information content (AvgIpc) is 2.71. The summed E-state index contributed by atoms with van der Waals surface area (Å²) in [7, 11) is 1.88. The summed E-state index contributed by atoms with van der Waals surface area (Å²) in [5, 5.41) is 0. The highest BCUT2D eigenvalue weighted by Gasteiger charge is 2.54. The third kappa shape index (κ3) is 0.969. The minimum Gasteiger partial charge on any atom is -0.381 e. The maximum atomic E-state index is 5.56. The van der Waals surface area contributed by atoms with Crippen molar-refractivity contribution in [2.45, 2.75) is 31.8 Å². The molecular weight excluding hydrogens is 160 g/mol. The molecule has 0 aromatic heterocycles. The SMILES string of the molecule is C=C1CC2C3CC(OC)[C@@H](C3)C2C1. The molecule has 1 nitrogen and oxygen atoms in total. The van der Waals surface area contributed by atoms with Crippen LogP contribution >= 0.6 is 0 Å². The van der Waals surface area contributed by atoms with E-state index in [1.807, 2.05) is 7.11 Å². The van der Waals surface area contributed by atoms with E-state index in [4.69, 9.17) is 4.74 Å². The van der Waals surface area contributed by atoms with Crippen LogP contribution in [0.4, 0.5) is 0 Å². The fourth-order valence-electron chi connectivity index (χ4n) is 4.18. The molecule has 72 valence electrons. The summed E-state index contributed by atoms with van der Waals surface area (Å²) < 4.78 is 5.56. The van der Waals surface area contributed by atoms with Crippen molar-refractivity contribution in [1.82, 2.24) is 0 Å². The number of fused-ring (bicyclic) bond motifs is 5. The van der Waals surface area contributed by atoms with E-state index in [-0.39, 0.29) is 0 Å². The van der Waals surface area contributed by atoms with Crippen molar-refractivity contribution in [2.75, 3.05) is 7.11 Å². The van der Waals surface area contributed by atoms with Gasteiger partial charge in [-0.1, -0.05) is 12.2 Å². The predicted molar refractivity (Wildman–Crippen MR) is 52.4 cm³/mol. The summed E-state index contributed by atoms with van der Waals surface area (Å²) in [6, 6.07) is 0. The van der Waals surface area contributed by atoms with Crippen LogP contribution < -0.4 is 0 Å². The Hall–Kier alpha value is -0.300. The molecule has 3 aliphatic carbocycles. The summed E-state index contributed by atoms with van der Waals surface area (Å²) in [5.74, 6) is 3.78. The van der Waals surface area contributed by atoms with Crippen molar-refractivity contribution in [3.63, 3.8) is 0 Å². The first-order valence-electron chi connectivity index (χ1n) is 5.49. The van der Waals surface area contributed by atoms with Crippen LogP contribution in [0, 0.1) is 23.7 Å². The highest BCUT2D eigenvalue weighted by atomic mass is 16.5. The summed E-state index contributed by atoms with van der Waals surface area (Å²) in [6.07, 6.45) is 5.97. The molecule has 0 radical (unpaired) electrons. The zero-order valence-electron chi connectivity index (χ0n) is 8.33. The van der Waals surface area contributed by atoms with Crippen LogP contribution in [0.3, 0.4) is 0 Å². The first kappa shape index (κ1) is 8.05. The van der Waals surface area contributed by atoms with E-state index in [2.05, 4.69) is 6.58 Å². The Morgan fingerprint density at radius 1 is 1.15 bits per heavy atom. The Morgan fingerprint density at radius 2 is 1.92 bits per heavy atom. The van der Waals surface area contributed by atoms with E-state index in [0.717, 1.165) is 23.7 Å². The van der Waals surface area contributed by atoms with E-state index >= 15 is 0 Å². The molecule has 0 aromatic rings. The van der Waals surface area contributed by atoms with Crippen molar-refractivity contribution in [3.8, 4) is 0 Å². The number of rotatable bonds is 1. The van der Waals surface area contributed by atoms with Gasteiger partial charge < -0.3 is 4.74 Å². The van der Waals surface area contributed by atoms with E-state index in [1.165, 1.54) is 31.3 Å². The Morgan fingerprint density at radius 3 is 2.69 bits per heavy atom. The number of allylic oxidation sites excluding steroid dienone is 1. The van der Waals surface area contributed by atoms with Gasteiger partial charge in [-0.2, -0.15) is 0 Å². The molecule has 0 aromatic carbocycles. The third-order valence-electron chi connectivity index (χ3n) is 4.64. The van der Waals surface area contributed by atoms with Crippen LogP contribution in [0.1, 0.15) is 25.7 Å². The number of ether oxygens (including phenoxy) is 1. The fourth-order valence-corrected chi connectivity index (χ4v) is 4.18. The maximum absolute atomic E-state index is 5.56. The monoisotopic (exact) mass is 178 g/mol. The molecule has 0 N–H and O–H groups in total. The lowest BCUT2D eigenvalue weighted by atomic mass is 9.80. The zero-order chi connectivity index (χ0) is 9.00. The second-order valence-electron chi connectivity index (χ2n) is 5.16. The van der Waals surface area contributed by atoms with Crippen molar-refractivity contribution in [2.24, 2.45) is 23.7 Å². The van der Waals surface area contributed by atoms with Crippen LogP contribution in [0.25, 0.3) is 0 Å². The molecule has 0 spiro atoms. The van der Waals surface area contributed by atoms with Gasteiger partial charge >= 0.3 is 0 Å². The van der Waals surface area contributed by atoms with Crippen LogP contribution in [-0.2, 0) is 4.74 Å². The first-order chi connectivity index (χ1) is 6.29. The molecule has 4 unspecified atom stereocenters. The van der Waals surface area contributed by atoms with Crippen molar-refractivity contribution >= 4 is 0 Å². The van der Waals surface area contributed by atoms with Gasteiger partial charge in [-0.25, -0.2) is 0 Å². The van der Waals surface area contributed by atoms with Crippen LogP contribution in [0.5, 0.6) is 0 Å². The lowest BCUT2D eigenvalue weighted by Gasteiger charge is -2.30. The summed E-state index contributed by atoms with van der Waals surface area (Å²) >= 11 is 0. The van der Waals surface area contributed by atoms with Gasteiger partial charge in [0.2, 0.25) is 0 Å². The number of methoxy groups -OCH3 is 1. The number of hydrogen-bond donors (Lipinski definition) is 0. The second-order valence-corrected chi connectivity index (χ2v) is 5.16. The Balaban J connectivity index is 1.84. The lowest BCUT2D eigenvalue weighted by Crippen LogP contribution is -2.29. The first-order valence-corrected chi connectivity index (χ1v) is 5.49. The van der Waals surface area contributed by atoms with E-state index < -0.39 is 0 Å². The van der Waals surface area contributed by atoms with Gasteiger partial charge in [0.15, 0.2) is 0 Å². The smallest absolute Gasteiger partial charge is 0.0605 e. The van der Waals surface area contributed by atoms with Crippen LogP contribution in [-0.4, -0.2) is 13.2 Å². The minimum atomic E-state index is 0.581. The predicted octanol–water partition coefficient (Wildman–Crippen LogP) is 2.62. The van der Waals surface area contributed by atoms with Crippen molar-refractivity contribution in [3.05, 3.63) is 12.2 Å². The highest BCUT2D eigenvalue weighted by Crippen LogP contribution is 2.60. The summed E-state index contributed by atoms with van der Waals surface area (Å²) in [4.78, 5) is 0. The Labute approximate surface area is 80.2 Å². The van der Waals surface area contributed by atoms with Crippen LogP contribution in [0.15, 0.2) is 12.2 Å². The summed E-state index contributed by atoms with van der Waals surface area (Å²) in [5.41, 5.74) is 1.50. The van der Waals surface area contributed by atoms with Gasteiger partial charge in [0.25, 0.3) is 0 Å². The fraction of sp³-hybridized carbons (Fsp3) is 0.833. The molecule has 5 atom stereocenters. The van der Waals surface area contributed by atoms with E-state index in [1.54, 1.807) is 0 Å². The Bertz CT molecular complexity index is 244. The molecular formula is C12H18O. The maximum Gasteiger partial charge on any atom is 0.0605 e. The molecule has 2 bridgehead atoms. The molecule has 0 amide bonds. The molecule has 3 saturated carbocycles. The molecule has 3 aliphatic rings. The average molecular weight is 178 g/mol. The third-order valence-corrected chi connectivity index (χ3v) is 4.64. The molecule has 0 heterocycles. The standard InChI is InChI=1S/C12H18O/c1-7-3-9-8-5-11(10(9)4-7)12(6-8)13-2/h8-12H,1,3-6H2,2H3/t8?,9?,10?,11-,12?/m0/s1. The Kier molecular flexibility index (Phi) is 1.61. The molecule has 0 aliphatic heterocycles. The lowest BCUT2D eigenvalue weighted by molar-refractivity contribution is 0.0225. The molecule has 3 fully saturated rings. The van der Waals surface area contributed by atoms with Gasteiger partial charge in [-0.15, -0.1) is 0 Å². The normalized spacial score (nSPS) is 53.0. The van der Waals surface area contributed by atoms with Crippen LogP contribution in [0.2, 0.25) is 0 Å². The molecule has 0 saturated heterocycles. The zero-order valence-corrected chi connectivity index (χ0v) is 8.33. The topological polar surface area (TPSA) is 9.23 Å². The van der Waals surface area contributed by atoms with Gasteiger partial charge in [0.1, 0.15) is 0 Å². The van der Waals surface area contributed by atoms with E-state index in [9.17, 15) is 0 Å². The van der Waals surface area contributed by atoms with Gasteiger partial charge in [0.05, 0.1) is 6.10 Å². The second kappa shape index (κ2) is 2.60. The minimum absolute atomic E-state index is 0.581. The molecule has 13 heavy (non-hydrogen) atoms. The molecule has 1 heteroatoms. The van der Waals surface area contributed by atoms with Crippen molar-refractivity contribution in [1.29, 1.82) is 0 Å².